The molecule has 2 amide bonds. The molecule has 1 unspecified atom stereocenters. The fraction of sp³-hybridized carbons (Fsp3) is 0.526. The summed E-state index contributed by atoms with van der Waals surface area (Å²) in [6.07, 6.45) is 0.0181. The van der Waals surface area contributed by atoms with Gasteiger partial charge in [0.25, 0.3) is 0 Å². The van der Waals surface area contributed by atoms with Crippen molar-refractivity contribution < 1.29 is 19.1 Å². The molecule has 1 aliphatic rings. The van der Waals surface area contributed by atoms with E-state index in [4.69, 9.17) is 4.74 Å². The van der Waals surface area contributed by atoms with Gasteiger partial charge in [-0.25, -0.2) is 4.79 Å². The number of carbonyl (C=O) groups excluding carboxylic acids is 3. The second kappa shape index (κ2) is 8.58. The van der Waals surface area contributed by atoms with E-state index >= 15 is 0 Å². The van der Waals surface area contributed by atoms with Crippen LogP contribution in [0.5, 0.6) is 0 Å². The number of hydrogen-bond donors (Lipinski definition) is 1. The second-order valence-corrected chi connectivity index (χ2v) is 8.60. The zero-order chi connectivity index (χ0) is 19.3. The predicted molar refractivity (Wildman–Crippen MR) is 103 cm³/mol. The lowest BCUT2D eigenvalue weighted by Gasteiger charge is -2.20. The fourth-order valence-electron chi connectivity index (χ4n) is 2.66. The van der Waals surface area contributed by atoms with Crippen molar-refractivity contribution in [3.8, 4) is 0 Å². The van der Waals surface area contributed by atoms with E-state index in [1.807, 2.05) is 45.0 Å². The van der Waals surface area contributed by atoms with Gasteiger partial charge in [0, 0.05) is 37.9 Å². The Morgan fingerprint density at radius 2 is 1.92 bits per heavy atom. The van der Waals surface area contributed by atoms with Crippen molar-refractivity contribution in [2.45, 2.75) is 46.3 Å². The highest BCUT2D eigenvalue weighted by Crippen LogP contribution is 2.27. The summed E-state index contributed by atoms with van der Waals surface area (Å²) in [7, 11) is 0. The Hall–Kier alpha value is -2.02. The number of ether oxygens (including phenoxy) is 1. The van der Waals surface area contributed by atoms with Gasteiger partial charge >= 0.3 is 6.09 Å². The molecule has 0 aliphatic carbocycles. The zero-order valence-electron chi connectivity index (χ0n) is 15.7. The van der Waals surface area contributed by atoms with E-state index in [2.05, 4.69) is 5.32 Å². The summed E-state index contributed by atoms with van der Waals surface area (Å²) in [4.78, 5) is 36.7. The molecule has 0 spiro atoms. The van der Waals surface area contributed by atoms with E-state index in [1.165, 1.54) is 11.8 Å². The first-order valence-electron chi connectivity index (χ1n) is 8.63. The van der Waals surface area contributed by atoms with E-state index in [-0.39, 0.29) is 16.9 Å². The molecule has 1 fully saturated rings. The Bertz CT molecular complexity index is 667. The van der Waals surface area contributed by atoms with Crippen molar-refractivity contribution in [3.05, 3.63) is 29.8 Å². The highest BCUT2D eigenvalue weighted by Gasteiger charge is 2.30. The molecule has 1 atom stereocenters. The number of alkyl carbamates (subject to hydrolysis) is 1. The smallest absolute Gasteiger partial charge is 0.407 e. The molecule has 1 heterocycles. The lowest BCUT2D eigenvalue weighted by molar-refractivity contribution is -0.117. The zero-order valence-corrected chi connectivity index (χ0v) is 16.5. The molecule has 26 heavy (non-hydrogen) atoms. The van der Waals surface area contributed by atoms with Gasteiger partial charge in [-0.1, -0.05) is 23.9 Å². The van der Waals surface area contributed by atoms with Gasteiger partial charge in [0.2, 0.25) is 5.91 Å². The molecule has 6 nitrogen and oxygen atoms in total. The van der Waals surface area contributed by atoms with Gasteiger partial charge < -0.3 is 15.0 Å². The van der Waals surface area contributed by atoms with Gasteiger partial charge in [0.1, 0.15) is 5.60 Å². The van der Waals surface area contributed by atoms with Crippen LogP contribution in [-0.4, -0.2) is 35.0 Å². The van der Waals surface area contributed by atoms with Gasteiger partial charge in [-0.3, -0.25) is 9.59 Å². The quantitative estimate of drug-likeness (QED) is 0.850. The summed E-state index contributed by atoms with van der Waals surface area (Å²) in [5, 5.41) is 2.79. The van der Waals surface area contributed by atoms with Crippen LogP contribution in [0.1, 0.15) is 39.7 Å². The molecule has 142 valence electrons. The standard InChI is InChI=1S/C19H26N2O4S/c1-13(22)26-12-15-9-17(23)21(11-15)16-7-5-14(6-8-16)10-20-18(24)25-19(2,3)4/h5-8,15H,9-12H2,1-4H3,(H,20,24). The first-order valence-corrected chi connectivity index (χ1v) is 9.62. The van der Waals surface area contributed by atoms with Crippen LogP contribution in [0, 0.1) is 5.92 Å². The van der Waals surface area contributed by atoms with Gasteiger partial charge in [-0.2, -0.15) is 0 Å². The number of nitrogens with zero attached hydrogens (tertiary/aromatic N) is 1. The lowest BCUT2D eigenvalue weighted by atomic mass is 10.1. The number of amides is 2. The third kappa shape index (κ3) is 6.37. The van der Waals surface area contributed by atoms with Crippen LogP contribution in [0.25, 0.3) is 0 Å². The highest BCUT2D eigenvalue weighted by atomic mass is 32.2. The number of hydrogen-bond acceptors (Lipinski definition) is 5. The molecule has 7 heteroatoms. The minimum absolute atomic E-state index is 0.0812. The average molecular weight is 378 g/mol. The molecule has 1 aromatic rings. The topological polar surface area (TPSA) is 75.7 Å². The van der Waals surface area contributed by atoms with Crippen LogP contribution in [0.4, 0.5) is 10.5 Å². The van der Waals surface area contributed by atoms with Crippen molar-refractivity contribution in [3.63, 3.8) is 0 Å². The SMILES string of the molecule is CC(=O)SCC1CC(=O)N(c2ccc(CNC(=O)OC(C)(C)C)cc2)C1. The number of rotatable bonds is 5. The molecule has 1 aromatic carbocycles. The molecule has 0 saturated carbocycles. The average Bonchev–Trinajstić information content (AvgIpc) is 2.91. The molecule has 1 saturated heterocycles. The molecule has 0 radical (unpaired) electrons. The van der Waals surface area contributed by atoms with Crippen molar-refractivity contribution in [1.29, 1.82) is 0 Å². The van der Waals surface area contributed by atoms with E-state index in [1.54, 1.807) is 11.8 Å². The highest BCUT2D eigenvalue weighted by molar-refractivity contribution is 8.13. The van der Waals surface area contributed by atoms with Crippen molar-refractivity contribution in [2.75, 3.05) is 17.2 Å². The monoisotopic (exact) mass is 378 g/mol. The Kier molecular flexibility index (Phi) is 6.69. The maximum atomic E-state index is 12.2. The number of thioether (sulfide) groups is 1. The number of nitrogens with one attached hydrogen (secondary N) is 1. The molecular weight excluding hydrogens is 352 g/mol. The second-order valence-electron chi connectivity index (χ2n) is 7.40. The molecule has 2 rings (SSSR count). The van der Waals surface area contributed by atoms with E-state index in [9.17, 15) is 14.4 Å². The summed E-state index contributed by atoms with van der Waals surface area (Å²) < 4.78 is 5.20. The summed E-state index contributed by atoms with van der Waals surface area (Å²) in [6, 6.07) is 7.53. The maximum absolute atomic E-state index is 12.2. The van der Waals surface area contributed by atoms with Crippen LogP contribution in [0.3, 0.4) is 0 Å². The van der Waals surface area contributed by atoms with E-state index in [0.29, 0.717) is 25.3 Å². The Morgan fingerprint density at radius 1 is 1.27 bits per heavy atom. The summed E-state index contributed by atoms with van der Waals surface area (Å²) in [6.45, 7) is 7.99. The summed E-state index contributed by atoms with van der Waals surface area (Å²) >= 11 is 1.27. The maximum Gasteiger partial charge on any atom is 0.407 e. The van der Waals surface area contributed by atoms with Crippen LogP contribution < -0.4 is 10.2 Å². The predicted octanol–water partition coefficient (Wildman–Crippen LogP) is 3.34. The first-order chi connectivity index (χ1) is 12.1. The number of anilines is 1. The largest absolute Gasteiger partial charge is 0.444 e. The Balaban J connectivity index is 1.88. The summed E-state index contributed by atoms with van der Waals surface area (Å²) in [5.41, 5.74) is 1.24. The Labute approximate surface area is 158 Å². The van der Waals surface area contributed by atoms with Gasteiger partial charge in [-0.05, 0) is 44.4 Å². The van der Waals surface area contributed by atoms with Crippen LogP contribution in [0.15, 0.2) is 24.3 Å². The van der Waals surface area contributed by atoms with E-state index in [0.717, 1.165) is 11.3 Å². The molecule has 1 N–H and O–H groups in total. The molecular formula is C19H26N2O4S. The third-order valence-corrected chi connectivity index (χ3v) is 4.86. The van der Waals surface area contributed by atoms with Gasteiger partial charge in [0.05, 0.1) is 0 Å². The van der Waals surface area contributed by atoms with Crippen molar-refractivity contribution in [2.24, 2.45) is 5.92 Å². The van der Waals surface area contributed by atoms with Gasteiger partial charge in [0.15, 0.2) is 5.12 Å². The van der Waals surface area contributed by atoms with Crippen LogP contribution >= 0.6 is 11.8 Å². The van der Waals surface area contributed by atoms with Crippen LogP contribution in [0.2, 0.25) is 0 Å². The lowest BCUT2D eigenvalue weighted by Crippen LogP contribution is -2.32. The summed E-state index contributed by atoms with van der Waals surface area (Å²) in [5.74, 6) is 0.957. The molecule has 0 bridgehead atoms. The number of benzene rings is 1. The fourth-order valence-corrected chi connectivity index (χ4v) is 3.35. The first kappa shape index (κ1) is 20.3. The third-order valence-electron chi connectivity index (χ3n) is 3.81. The minimum atomic E-state index is -0.527. The van der Waals surface area contributed by atoms with Crippen molar-refractivity contribution in [1.82, 2.24) is 5.32 Å². The minimum Gasteiger partial charge on any atom is -0.444 e. The van der Waals surface area contributed by atoms with Crippen molar-refractivity contribution >= 4 is 34.6 Å². The normalized spacial score (nSPS) is 17.3. The molecule has 1 aliphatic heterocycles. The van der Waals surface area contributed by atoms with Crippen LogP contribution in [-0.2, 0) is 20.9 Å². The van der Waals surface area contributed by atoms with E-state index < -0.39 is 11.7 Å². The Morgan fingerprint density at radius 3 is 2.50 bits per heavy atom. The van der Waals surface area contributed by atoms with Gasteiger partial charge in [-0.15, -0.1) is 0 Å². The molecule has 0 aromatic heterocycles. The number of carbonyl (C=O) groups is 3.